The van der Waals surface area contributed by atoms with Gasteiger partial charge in [-0.05, 0) is 59.8 Å². The summed E-state index contributed by atoms with van der Waals surface area (Å²) in [5, 5.41) is 10.3. The number of aliphatic hydroxyl groups excluding tert-OH is 1. The van der Waals surface area contributed by atoms with Crippen LogP contribution in [0.25, 0.3) is 0 Å². The molecule has 0 rings (SSSR count). The van der Waals surface area contributed by atoms with Crippen LogP contribution in [-0.4, -0.2) is 276 Å². The van der Waals surface area contributed by atoms with E-state index < -0.39 is 175 Å². The molecule has 34 heteroatoms. The van der Waals surface area contributed by atoms with E-state index in [1.54, 1.807) is 28.2 Å². The quantitative estimate of drug-likeness (QED) is 0.0286. The van der Waals surface area contributed by atoms with Gasteiger partial charge in [0.2, 0.25) is 0 Å². The minimum Gasteiger partial charge on any atom is -0.748 e. The maximum Gasteiger partial charge on any atom is 0.318 e. The van der Waals surface area contributed by atoms with Gasteiger partial charge in [0.25, 0.3) is 0 Å². The number of hydrogen-bond donors (Lipinski definition) is 1. The molecule has 0 aromatic rings. The van der Waals surface area contributed by atoms with Crippen LogP contribution in [0.5, 0.6) is 0 Å². The van der Waals surface area contributed by atoms with Gasteiger partial charge in [0.05, 0.1) is 123 Å². The number of hydrogen-bond acceptors (Lipinski definition) is 28. The third-order valence-electron chi connectivity index (χ3n) is 14.9. The van der Waals surface area contributed by atoms with E-state index in [1.807, 2.05) is 14.1 Å². The number of carbonyl (C=O) groups excluding carboxylic acids is 9. The number of quaternary nitrogens is 3. The number of esters is 9. The van der Waals surface area contributed by atoms with Crippen molar-refractivity contribution in [2.75, 3.05) is 165 Å². The first-order valence-electron chi connectivity index (χ1n) is 30.0. The van der Waals surface area contributed by atoms with Crippen molar-refractivity contribution in [2.24, 2.45) is 34.0 Å². The van der Waals surface area contributed by atoms with E-state index >= 15 is 0 Å². The van der Waals surface area contributed by atoms with Gasteiger partial charge >= 0.3 is 53.7 Å². The summed E-state index contributed by atoms with van der Waals surface area (Å²) in [6.45, 7) is 6.47. The topological polar surface area (TPSA) is 429 Å². The molecule has 91 heavy (non-hydrogen) atoms. The Morgan fingerprint density at radius 2 is 0.659 bits per heavy atom. The van der Waals surface area contributed by atoms with Gasteiger partial charge in [0.15, 0.2) is 0 Å². The Labute approximate surface area is 536 Å². The maximum absolute atomic E-state index is 14.1. The van der Waals surface area contributed by atoms with Crippen LogP contribution in [0.2, 0.25) is 0 Å². The van der Waals surface area contributed by atoms with Crippen LogP contribution in [0.4, 0.5) is 0 Å². The van der Waals surface area contributed by atoms with E-state index in [0.717, 1.165) is 0 Å². The van der Waals surface area contributed by atoms with Crippen molar-refractivity contribution < 1.29 is 143 Å². The number of carbonyl (C=O) groups is 9. The van der Waals surface area contributed by atoms with Crippen molar-refractivity contribution >= 4 is 84.1 Å². The Kier molecular flexibility index (Phi) is 37.2. The van der Waals surface area contributed by atoms with E-state index in [1.165, 1.54) is 48.5 Å². The van der Waals surface area contributed by atoms with Gasteiger partial charge in [0.1, 0.15) is 88.7 Å². The number of aliphatic hydroxyl groups is 1. The van der Waals surface area contributed by atoms with Gasteiger partial charge in [-0.1, -0.05) is 20.8 Å². The first-order chi connectivity index (χ1) is 41.6. The lowest BCUT2D eigenvalue weighted by atomic mass is 9.90. The predicted molar refractivity (Wildman–Crippen MR) is 319 cm³/mol. The molecule has 0 saturated carbocycles. The smallest absolute Gasteiger partial charge is 0.318 e. The second-order valence-electron chi connectivity index (χ2n) is 25.9. The second-order valence-corrected chi connectivity index (χ2v) is 30.4. The van der Waals surface area contributed by atoms with Gasteiger partial charge in [0, 0.05) is 49.4 Å². The fourth-order valence-electron chi connectivity index (χ4n) is 7.98. The van der Waals surface area contributed by atoms with Crippen molar-refractivity contribution in [3.05, 3.63) is 0 Å². The fourth-order valence-corrected chi connectivity index (χ4v) is 9.51. The van der Waals surface area contributed by atoms with Crippen molar-refractivity contribution in [2.45, 2.75) is 113 Å². The van der Waals surface area contributed by atoms with E-state index in [2.05, 4.69) is 0 Å². The lowest BCUT2D eigenvalue weighted by Gasteiger charge is -2.31. The molecular formula is C57H101N3O28S3. The summed E-state index contributed by atoms with van der Waals surface area (Å²) in [5.74, 6) is -11.9. The summed E-state index contributed by atoms with van der Waals surface area (Å²) < 4.78 is 148. The van der Waals surface area contributed by atoms with Crippen LogP contribution in [0.15, 0.2) is 0 Å². The Hall–Kier alpha value is -5.20. The Morgan fingerprint density at radius 1 is 0.396 bits per heavy atom. The van der Waals surface area contributed by atoms with Gasteiger partial charge < -0.3 is 74.8 Å². The highest BCUT2D eigenvalue weighted by molar-refractivity contribution is 7.86. The monoisotopic (exact) mass is 1370 g/mol. The van der Waals surface area contributed by atoms with Crippen LogP contribution < -0.4 is 0 Å². The van der Waals surface area contributed by atoms with Crippen molar-refractivity contribution in [3.63, 3.8) is 0 Å². The molecule has 5 atom stereocenters. The average molecular weight is 1370 g/mol. The number of nitrogens with zero attached hydrogens (tertiary/aromatic N) is 3. The number of unbranched alkanes of at least 4 members (excludes halogenated alkanes) is 1. The summed E-state index contributed by atoms with van der Waals surface area (Å²) in [5.41, 5.74) is -5.92. The van der Waals surface area contributed by atoms with Crippen molar-refractivity contribution in [1.82, 2.24) is 0 Å². The predicted octanol–water partition coefficient (Wildman–Crippen LogP) is 0.580. The molecule has 0 aromatic heterocycles. The number of likely N-dealkylation sites (N-methyl/N-ethyl adjacent to an activating group) is 3. The molecule has 0 fully saturated rings. The molecule has 5 unspecified atom stereocenters. The molecule has 0 aromatic carbocycles. The molecule has 0 saturated heterocycles. The third-order valence-corrected chi connectivity index (χ3v) is 17.3. The second kappa shape index (κ2) is 39.5. The molecule has 0 aliphatic carbocycles. The van der Waals surface area contributed by atoms with Crippen molar-refractivity contribution in [3.8, 4) is 0 Å². The summed E-state index contributed by atoms with van der Waals surface area (Å²) in [6, 6.07) is 0. The number of rotatable bonds is 49. The molecule has 1 N–H and O–H groups in total. The Balaban J connectivity index is 6.06. The molecular weight excluding hydrogens is 1270 g/mol. The highest BCUT2D eigenvalue weighted by Crippen LogP contribution is 2.28. The summed E-state index contributed by atoms with van der Waals surface area (Å²) >= 11 is 0. The largest absolute Gasteiger partial charge is 0.748 e. The molecule has 0 aliphatic rings. The molecule has 0 bridgehead atoms. The van der Waals surface area contributed by atoms with Crippen LogP contribution in [0.1, 0.15) is 113 Å². The Morgan fingerprint density at radius 3 is 0.956 bits per heavy atom. The fraction of sp³-hybridized carbons (Fsp3) is 0.842. The van der Waals surface area contributed by atoms with Gasteiger partial charge in [-0.3, -0.25) is 43.2 Å². The van der Waals surface area contributed by atoms with Crippen LogP contribution in [0.3, 0.4) is 0 Å². The maximum atomic E-state index is 14.1. The van der Waals surface area contributed by atoms with Crippen LogP contribution in [-0.2, 0) is 116 Å². The lowest BCUT2D eigenvalue weighted by Crippen LogP contribution is -2.46. The molecule has 0 spiro atoms. The van der Waals surface area contributed by atoms with E-state index in [0.29, 0.717) is 37.1 Å². The van der Waals surface area contributed by atoms with Crippen LogP contribution >= 0.6 is 0 Å². The molecule has 0 aliphatic heterocycles. The van der Waals surface area contributed by atoms with Crippen molar-refractivity contribution in [1.29, 1.82) is 0 Å². The highest BCUT2D eigenvalue weighted by atomic mass is 32.2. The van der Waals surface area contributed by atoms with E-state index in [9.17, 15) is 87.2 Å². The minimum atomic E-state index is -4.40. The highest BCUT2D eigenvalue weighted by Gasteiger charge is 2.45. The summed E-state index contributed by atoms with van der Waals surface area (Å²) in [7, 11) is -2.39. The summed E-state index contributed by atoms with van der Waals surface area (Å²) in [4.78, 5) is 119. The zero-order chi connectivity index (χ0) is 70.3. The van der Waals surface area contributed by atoms with Gasteiger partial charge in [-0.25, -0.2) is 25.3 Å². The molecule has 31 nitrogen and oxygen atoms in total. The minimum absolute atomic E-state index is 0.0155. The molecule has 0 heterocycles. The SMILES string of the molecule is CCOC(=O)C(C)(COC(=O)C(C)(CO)COC(=O)CCC(C)C(=O)OCC[N+](C)(C)CCCCS(=O)(=O)[O-])COC(=O)C(C)(COC(=O)CCC(C)C(=O)OCC[N+](C)(C)CCCS(=O)(=O)[O-])COC(=O)CCC(C)C(=O)OCC[N+](C)(C)CCCS(=O)(=O)[O-]. The normalized spacial score (nSPS) is 15.4. The van der Waals surface area contributed by atoms with Crippen LogP contribution in [0, 0.1) is 34.0 Å². The number of ether oxygens (including phenoxy) is 9. The molecule has 0 radical (unpaired) electrons. The van der Waals surface area contributed by atoms with E-state index in [4.69, 9.17) is 42.6 Å². The zero-order valence-electron chi connectivity index (χ0n) is 55.3. The summed E-state index contributed by atoms with van der Waals surface area (Å²) in [6.07, 6.45) is -0.365. The molecule has 530 valence electrons. The average Bonchev–Trinajstić information content (AvgIpc) is 0.907. The third kappa shape index (κ3) is 39.2. The lowest BCUT2D eigenvalue weighted by molar-refractivity contribution is -0.890. The molecule has 0 amide bonds. The Bertz CT molecular complexity index is 2630. The zero-order valence-corrected chi connectivity index (χ0v) is 57.7. The standard InChI is InChI=1S/C57H101N3O28S3/c1-14-80-53(69)57(7,41-87-52(68)55(5,37-61)38-84-46(62)22-19-43(2)49(65)81-31-28-58(8,9)25-15-16-34-89(71,72)73)42-88-54(70)56(6,39-85-47(63)23-20-44(3)50(66)82-32-29-59(10,11)26-17-35-90(74,75)76)40-86-48(64)24-21-45(4)51(67)83-33-30-60(12,13)27-18-36-91(77,78)79/h43-45,61H,14-42H2,1-13H3. The first-order valence-corrected chi connectivity index (χ1v) is 34.7. The van der Waals surface area contributed by atoms with Gasteiger partial charge in [-0.15, -0.1) is 0 Å². The van der Waals surface area contributed by atoms with E-state index in [-0.39, 0.29) is 106 Å². The van der Waals surface area contributed by atoms with Gasteiger partial charge in [-0.2, -0.15) is 0 Å². The first kappa shape index (κ1) is 85.8.